The van der Waals surface area contributed by atoms with Crippen LogP contribution in [0.15, 0.2) is 24.3 Å². The monoisotopic (exact) mass is 216 g/mol. The van der Waals surface area contributed by atoms with Crippen LogP contribution in [0.25, 0.3) is 10.9 Å². The van der Waals surface area contributed by atoms with Crippen molar-refractivity contribution in [3.63, 3.8) is 0 Å². The van der Waals surface area contributed by atoms with Gasteiger partial charge in [-0.3, -0.25) is 0 Å². The third kappa shape index (κ3) is 1.92. The third-order valence-electron chi connectivity index (χ3n) is 2.43. The highest BCUT2D eigenvalue weighted by Gasteiger charge is 2.21. The molecule has 0 spiro atoms. The maximum absolute atomic E-state index is 4.62. The summed E-state index contributed by atoms with van der Waals surface area (Å²) >= 11 is 0. The maximum Gasteiger partial charge on any atom is 0.125 e. The van der Waals surface area contributed by atoms with Crippen molar-refractivity contribution in [2.24, 2.45) is 0 Å². The fourth-order valence-corrected chi connectivity index (χ4v) is 3.28. The Morgan fingerprint density at radius 2 is 1.67 bits per heavy atom. The molecule has 1 heterocycles. The smallest absolute Gasteiger partial charge is 0.125 e. The van der Waals surface area contributed by atoms with E-state index < -0.39 is 8.07 Å². The van der Waals surface area contributed by atoms with Gasteiger partial charge >= 0.3 is 0 Å². The minimum Gasteiger partial charge on any atom is -0.242 e. The summed E-state index contributed by atoms with van der Waals surface area (Å²) in [5.41, 5.74) is 1.07. The Bertz CT molecular complexity index is 500. The molecule has 0 radical (unpaired) electrons. The van der Waals surface area contributed by atoms with E-state index in [0.29, 0.717) is 0 Å². The lowest BCUT2D eigenvalue weighted by atomic mass is 10.2. The molecule has 0 aliphatic rings. The number of nitrogens with zero attached hydrogens (tertiary/aromatic N) is 2. The van der Waals surface area contributed by atoms with Crippen LogP contribution in [0.5, 0.6) is 0 Å². The van der Waals surface area contributed by atoms with Gasteiger partial charge < -0.3 is 0 Å². The molecule has 15 heavy (non-hydrogen) atoms. The van der Waals surface area contributed by atoms with E-state index in [1.54, 1.807) is 0 Å². The minimum atomic E-state index is -1.38. The topological polar surface area (TPSA) is 25.8 Å². The first-order valence-electron chi connectivity index (χ1n) is 5.22. The first-order valence-corrected chi connectivity index (χ1v) is 8.72. The van der Waals surface area contributed by atoms with Crippen LogP contribution in [0.3, 0.4) is 0 Å². The molecule has 3 heteroatoms. The zero-order valence-electron chi connectivity index (χ0n) is 9.70. The van der Waals surface area contributed by atoms with E-state index in [4.69, 9.17) is 0 Å². The quantitative estimate of drug-likeness (QED) is 0.684. The Morgan fingerprint density at radius 3 is 2.33 bits per heavy atom. The van der Waals surface area contributed by atoms with Gasteiger partial charge in [-0.05, 0) is 13.0 Å². The van der Waals surface area contributed by atoms with Crippen molar-refractivity contribution in [2.45, 2.75) is 26.6 Å². The molecule has 0 aliphatic heterocycles. The molecule has 0 saturated heterocycles. The van der Waals surface area contributed by atoms with Crippen molar-refractivity contribution in [2.75, 3.05) is 0 Å². The Labute approximate surface area is 91.4 Å². The number of fused-ring (bicyclic) bond motifs is 1. The van der Waals surface area contributed by atoms with Crippen molar-refractivity contribution in [3.8, 4) is 0 Å². The highest BCUT2D eigenvalue weighted by atomic mass is 28.3. The van der Waals surface area contributed by atoms with Crippen molar-refractivity contribution in [1.29, 1.82) is 0 Å². The number of hydrogen-bond donors (Lipinski definition) is 0. The zero-order valence-corrected chi connectivity index (χ0v) is 10.7. The molecule has 0 bridgehead atoms. The van der Waals surface area contributed by atoms with E-state index in [1.807, 2.05) is 13.0 Å². The van der Waals surface area contributed by atoms with Gasteiger partial charge in [-0.15, -0.1) is 0 Å². The third-order valence-corrected chi connectivity index (χ3v) is 4.23. The largest absolute Gasteiger partial charge is 0.242 e. The molecule has 2 nitrogen and oxygen atoms in total. The van der Waals surface area contributed by atoms with Crippen LogP contribution in [-0.2, 0) is 0 Å². The van der Waals surface area contributed by atoms with Crippen LogP contribution >= 0.6 is 0 Å². The van der Waals surface area contributed by atoms with Gasteiger partial charge in [0.05, 0.1) is 5.52 Å². The van der Waals surface area contributed by atoms with E-state index in [0.717, 1.165) is 11.3 Å². The van der Waals surface area contributed by atoms with Crippen molar-refractivity contribution < 1.29 is 0 Å². The average molecular weight is 216 g/mol. The molecule has 0 fully saturated rings. The first-order chi connectivity index (χ1) is 6.98. The molecule has 0 saturated carbocycles. The van der Waals surface area contributed by atoms with E-state index in [1.165, 1.54) is 10.7 Å². The summed E-state index contributed by atoms with van der Waals surface area (Å²) in [5.74, 6) is 0.881. The van der Waals surface area contributed by atoms with Crippen LogP contribution < -0.4 is 5.32 Å². The van der Waals surface area contributed by atoms with Gasteiger partial charge in [-0.25, -0.2) is 9.97 Å². The number of benzene rings is 1. The number of rotatable bonds is 1. The maximum atomic E-state index is 4.62. The van der Waals surface area contributed by atoms with Gasteiger partial charge in [0.1, 0.15) is 13.9 Å². The number of aryl methyl sites for hydroxylation is 1. The normalized spacial score (nSPS) is 12.0. The second kappa shape index (κ2) is 3.42. The Balaban J connectivity index is 2.83. The van der Waals surface area contributed by atoms with Gasteiger partial charge in [-0.1, -0.05) is 37.8 Å². The highest BCUT2D eigenvalue weighted by Crippen LogP contribution is 2.12. The number of hydrogen-bond acceptors (Lipinski definition) is 2. The van der Waals surface area contributed by atoms with Crippen LogP contribution in [0.4, 0.5) is 0 Å². The molecule has 0 N–H and O–H groups in total. The van der Waals surface area contributed by atoms with E-state index in [-0.39, 0.29) is 0 Å². The Kier molecular flexibility index (Phi) is 2.35. The second-order valence-corrected chi connectivity index (χ2v) is 9.86. The van der Waals surface area contributed by atoms with Crippen molar-refractivity contribution in [1.82, 2.24) is 9.97 Å². The molecular formula is C12H16N2Si. The molecule has 2 aromatic rings. The fourth-order valence-electron chi connectivity index (χ4n) is 1.76. The molecule has 78 valence electrons. The lowest BCUT2D eigenvalue weighted by Crippen LogP contribution is -2.41. The summed E-state index contributed by atoms with van der Waals surface area (Å²) in [6, 6.07) is 8.28. The second-order valence-electron chi connectivity index (χ2n) is 4.89. The zero-order chi connectivity index (χ0) is 11.1. The van der Waals surface area contributed by atoms with Crippen LogP contribution in [0, 0.1) is 6.92 Å². The predicted molar refractivity (Wildman–Crippen MR) is 67.3 cm³/mol. The Hall–Kier alpha value is -1.22. The van der Waals surface area contributed by atoms with E-state index >= 15 is 0 Å². The molecule has 0 aliphatic carbocycles. The molecule has 0 atom stereocenters. The fraction of sp³-hybridized carbons (Fsp3) is 0.333. The highest BCUT2D eigenvalue weighted by molar-refractivity contribution is 6.89. The molecule has 0 amide bonds. The first kappa shape index (κ1) is 10.3. The summed E-state index contributed by atoms with van der Waals surface area (Å²) in [6.45, 7) is 8.93. The predicted octanol–water partition coefficient (Wildman–Crippen LogP) is 2.48. The molecule has 2 rings (SSSR count). The summed E-state index contributed by atoms with van der Waals surface area (Å²) in [4.78, 5) is 9.08. The summed E-state index contributed by atoms with van der Waals surface area (Å²) in [5, 5.41) is 2.49. The van der Waals surface area contributed by atoms with Crippen molar-refractivity contribution in [3.05, 3.63) is 30.1 Å². The summed E-state index contributed by atoms with van der Waals surface area (Å²) in [7, 11) is -1.38. The van der Waals surface area contributed by atoms with Gasteiger partial charge in [0.2, 0.25) is 0 Å². The van der Waals surface area contributed by atoms with Gasteiger partial charge in [-0.2, -0.15) is 0 Å². The van der Waals surface area contributed by atoms with Crippen molar-refractivity contribution >= 4 is 24.3 Å². The molecular weight excluding hydrogens is 200 g/mol. The summed E-state index contributed by atoms with van der Waals surface area (Å²) < 4.78 is 0. The van der Waals surface area contributed by atoms with Crippen LogP contribution in [0.1, 0.15) is 5.82 Å². The standard InChI is InChI=1S/C12H16N2Si/c1-9-13-11-8-6-5-7-10(11)12(14-9)15(2,3)4/h5-8H,1-4H3. The molecule has 0 unspecified atom stereocenters. The lowest BCUT2D eigenvalue weighted by molar-refractivity contribution is 1.11. The van der Waals surface area contributed by atoms with E-state index in [2.05, 4.69) is 47.8 Å². The van der Waals surface area contributed by atoms with E-state index in [9.17, 15) is 0 Å². The van der Waals surface area contributed by atoms with Gasteiger partial charge in [0, 0.05) is 10.7 Å². The average Bonchev–Trinajstić information content (AvgIpc) is 2.15. The van der Waals surface area contributed by atoms with Crippen LogP contribution in [0.2, 0.25) is 19.6 Å². The number of para-hydroxylation sites is 1. The van der Waals surface area contributed by atoms with Gasteiger partial charge in [0.15, 0.2) is 0 Å². The van der Waals surface area contributed by atoms with Gasteiger partial charge in [0.25, 0.3) is 0 Å². The number of aromatic nitrogens is 2. The molecule has 1 aromatic carbocycles. The SMILES string of the molecule is Cc1nc([Si](C)(C)C)c2ccccc2n1. The lowest BCUT2D eigenvalue weighted by Gasteiger charge is -2.17. The molecule has 1 aromatic heterocycles. The minimum absolute atomic E-state index is 0.881. The van der Waals surface area contributed by atoms with Crippen LogP contribution in [-0.4, -0.2) is 18.0 Å². The summed E-state index contributed by atoms with van der Waals surface area (Å²) in [6.07, 6.45) is 0. The Morgan fingerprint density at radius 1 is 1.00 bits per heavy atom.